The fraction of sp³-hybridized carbons (Fsp3) is 0.278. The van der Waals surface area contributed by atoms with Gasteiger partial charge in [-0.3, -0.25) is 4.79 Å². The lowest BCUT2D eigenvalue weighted by molar-refractivity contribution is -0.123. The van der Waals surface area contributed by atoms with Crippen LogP contribution in [0.4, 0.5) is 0 Å². The maximum atomic E-state index is 12.1. The number of ether oxygens (including phenoxy) is 1. The number of amides is 1. The standard InChI is InChI=1S/C18H18ClNO2/c1-12-6-8-15(19)17(10-12)22-11-18(21)20-16-9-7-13-4-2-3-5-14(13)16/h2-6,8,10,16H,7,9,11H2,1H3,(H,20,21)/t16-/m0/s1. The zero-order chi connectivity index (χ0) is 15.5. The van der Waals surface area contributed by atoms with E-state index in [1.165, 1.54) is 11.1 Å². The summed E-state index contributed by atoms with van der Waals surface area (Å²) in [7, 11) is 0. The van der Waals surface area contributed by atoms with Gasteiger partial charge in [-0.1, -0.05) is 41.9 Å². The number of halogens is 1. The number of fused-ring (bicyclic) bond motifs is 1. The summed E-state index contributed by atoms with van der Waals surface area (Å²) in [6.45, 7) is 1.93. The van der Waals surface area contributed by atoms with Crippen LogP contribution < -0.4 is 10.1 Å². The molecule has 0 spiro atoms. The smallest absolute Gasteiger partial charge is 0.258 e. The topological polar surface area (TPSA) is 38.3 Å². The van der Waals surface area contributed by atoms with Crippen LogP contribution in [0.1, 0.15) is 29.2 Å². The number of carbonyl (C=O) groups is 1. The lowest BCUT2D eigenvalue weighted by atomic mass is 10.1. The van der Waals surface area contributed by atoms with E-state index in [2.05, 4.69) is 17.4 Å². The molecule has 22 heavy (non-hydrogen) atoms. The molecule has 0 saturated carbocycles. The van der Waals surface area contributed by atoms with Crippen molar-refractivity contribution in [1.82, 2.24) is 5.32 Å². The molecule has 114 valence electrons. The molecule has 4 heteroatoms. The molecular weight excluding hydrogens is 298 g/mol. The summed E-state index contributed by atoms with van der Waals surface area (Å²) in [5.74, 6) is 0.419. The average Bonchev–Trinajstić information content (AvgIpc) is 2.91. The van der Waals surface area contributed by atoms with E-state index >= 15 is 0 Å². The Kier molecular flexibility index (Phi) is 4.34. The highest BCUT2D eigenvalue weighted by Crippen LogP contribution is 2.30. The highest BCUT2D eigenvalue weighted by atomic mass is 35.5. The van der Waals surface area contributed by atoms with Crippen molar-refractivity contribution in [2.75, 3.05) is 6.61 Å². The minimum atomic E-state index is -0.126. The summed E-state index contributed by atoms with van der Waals surface area (Å²) in [6, 6.07) is 13.8. The molecule has 0 aliphatic heterocycles. The summed E-state index contributed by atoms with van der Waals surface area (Å²) in [5, 5.41) is 3.55. The van der Waals surface area contributed by atoms with Crippen molar-refractivity contribution in [3.8, 4) is 5.75 Å². The SMILES string of the molecule is Cc1ccc(Cl)c(OCC(=O)N[C@H]2CCc3ccccc32)c1. The number of hydrogen-bond acceptors (Lipinski definition) is 2. The second-order valence-electron chi connectivity index (χ2n) is 5.58. The predicted molar refractivity (Wildman–Crippen MR) is 87.3 cm³/mol. The van der Waals surface area contributed by atoms with Crippen LogP contribution >= 0.6 is 11.6 Å². The van der Waals surface area contributed by atoms with Crippen LogP contribution in [0.2, 0.25) is 5.02 Å². The van der Waals surface area contributed by atoms with Crippen molar-refractivity contribution in [3.63, 3.8) is 0 Å². The molecule has 2 aromatic rings. The van der Waals surface area contributed by atoms with Crippen LogP contribution in [0.3, 0.4) is 0 Å². The van der Waals surface area contributed by atoms with Crippen LogP contribution in [0.25, 0.3) is 0 Å². The zero-order valence-electron chi connectivity index (χ0n) is 12.4. The Labute approximate surface area is 135 Å². The molecule has 1 N–H and O–H groups in total. The van der Waals surface area contributed by atoms with Gasteiger partial charge in [0.2, 0.25) is 0 Å². The van der Waals surface area contributed by atoms with Gasteiger partial charge in [-0.05, 0) is 48.6 Å². The highest BCUT2D eigenvalue weighted by Gasteiger charge is 2.23. The predicted octanol–water partition coefficient (Wildman–Crippen LogP) is 3.83. The van der Waals surface area contributed by atoms with Gasteiger partial charge in [-0.25, -0.2) is 0 Å². The summed E-state index contributed by atoms with van der Waals surface area (Å²) in [5.41, 5.74) is 3.57. The monoisotopic (exact) mass is 315 g/mol. The Hall–Kier alpha value is -2.00. The van der Waals surface area contributed by atoms with Crippen molar-refractivity contribution in [3.05, 3.63) is 64.2 Å². The van der Waals surface area contributed by atoms with Gasteiger partial charge < -0.3 is 10.1 Å². The third kappa shape index (κ3) is 3.25. The van der Waals surface area contributed by atoms with Gasteiger partial charge in [-0.2, -0.15) is 0 Å². The zero-order valence-corrected chi connectivity index (χ0v) is 13.2. The third-order valence-electron chi connectivity index (χ3n) is 3.91. The molecule has 1 aliphatic carbocycles. The molecule has 0 heterocycles. The molecule has 2 aromatic carbocycles. The molecule has 3 rings (SSSR count). The fourth-order valence-electron chi connectivity index (χ4n) is 2.81. The van der Waals surface area contributed by atoms with Gasteiger partial charge in [0.05, 0.1) is 11.1 Å². The van der Waals surface area contributed by atoms with Crippen molar-refractivity contribution in [2.45, 2.75) is 25.8 Å². The Morgan fingerprint density at radius 1 is 1.32 bits per heavy atom. The molecule has 0 unspecified atom stereocenters. The van der Waals surface area contributed by atoms with Gasteiger partial charge >= 0.3 is 0 Å². The lowest BCUT2D eigenvalue weighted by Gasteiger charge is -2.15. The normalized spacial score (nSPS) is 16.2. The molecule has 1 aliphatic rings. The number of rotatable bonds is 4. The number of benzene rings is 2. The first-order valence-electron chi connectivity index (χ1n) is 7.39. The lowest BCUT2D eigenvalue weighted by Crippen LogP contribution is -2.31. The summed E-state index contributed by atoms with van der Waals surface area (Å²) >= 11 is 6.06. The van der Waals surface area contributed by atoms with E-state index in [0.29, 0.717) is 10.8 Å². The summed E-state index contributed by atoms with van der Waals surface area (Å²) in [4.78, 5) is 12.1. The fourth-order valence-corrected chi connectivity index (χ4v) is 2.98. The van der Waals surface area contributed by atoms with Crippen molar-refractivity contribution >= 4 is 17.5 Å². The molecule has 1 atom stereocenters. The molecule has 0 aromatic heterocycles. The van der Waals surface area contributed by atoms with E-state index in [9.17, 15) is 4.79 Å². The number of carbonyl (C=O) groups excluding carboxylic acids is 1. The van der Waals surface area contributed by atoms with E-state index < -0.39 is 0 Å². The Morgan fingerprint density at radius 3 is 3.00 bits per heavy atom. The molecule has 1 amide bonds. The number of hydrogen-bond donors (Lipinski definition) is 1. The van der Waals surface area contributed by atoms with Crippen LogP contribution in [0, 0.1) is 6.92 Å². The quantitative estimate of drug-likeness (QED) is 0.931. The first-order chi connectivity index (χ1) is 10.6. The molecule has 0 fully saturated rings. The Morgan fingerprint density at radius 2 is 2.14 bits per heavy atom. The van der Waals surface area contributed by atoms with Gasteiger partial charge in [0.25, 0.3) is 5.91 Å². The van der Waals surface area contributed by atoms with Gasteiger partial charge in [0, 0.05) is 0 Å². The first kappa shape index (κ1) is 14.9. The summed E-state index contributed by atoms with van der Waals surface area (Å²) in [6.07, 6.45) is 1.95. The number of aryl methyl sites for hydroxylation is 2. The molecular formula is C18H18ClNO2. The minimum absolute atomic E-state index is 0.0260. The molecule has 0 saturated heterocycles. The van der Waals surface area contributed by atoms with E-state index in [1.807, 2.05) is 31.2 Å². The maximum Gasteiger partial charge on any atom is 0.258 e. The van der Waals surface area contributed by atoms with Gasteiger partial charge in [0.15, 0.2) is 6.61 Å². The molecule has 3 nitrogen and oxygen atoms in total. The van der Waals surface area contributed by atoms with E-state index in [4.69, 9.17) is 16.3 Å². The Bertz CT molecular complexity index is 699. The number of nitrogens with one attached hydrogen (secondary N) is 1. The van der Waals surface area contributed by atoms with E-state index in [1.54, 1.807) is 6.07 Å². The minimum Gasteiger partial charge on any atom is -0.482 e. The van der Waals surface area contributed by atoms with Crippen LogP contribution in [0.5, 0.6) is 5.75 Å². The van der Waals surface area contributed by atoms with Crippen LogP contribution in [0.15, 0.2) is 42.5 Å². The highest BCUT2D eigenvalue weighted by molar-refractivity contribution is 6.32. The van der Waals surface area contributed by atoms with Gasteiger partial charge in [0.1, 0.15) is 5.75 Å². The van der Waals surface area contributed by atoms with Crippen molar-refractivity contribution in [2.24, 2.45) is 0 Å². The molecule has 0 bridgehead atoms. The second-order valence-corrected chi connectivity index (χ2v) is 5.99. The third-order valence-corrected chi connectivity index (χ3v) is 4.23. The van der Waals surface area contributed by atoms with E-state index in [-0.39, 0.29) is 18.6 Å². The van der Waals surface area contributed by atoms with Crippen molar-refractivity contribution < 1.29 is 9.53 Å². The van der Waals surface area contributed by atoms with Crippen LogP contribution in [-0.4, -0.2) is 12.5 Å². The summed E-state index contributed by atoms with van der Waals surface area (Å²) < 4.78 is 5.53. The Balaban J connectivity index is 1.59. The second kappa shape index (κ2) is 6.41. The van der Waals surface area contributed by atoms with Crippen LogP contribution in [-0.2, 0) is 11.2 Å². The van der Waals surface area contributed by atoms with Gasteiger partial charge in [-0.15, -0.1) is 0 Å². The largest absolute Gasteiger partial charge is 0.482 e. The maximum absolute atomic E-state index is 12.1. The van der Waals surface area contributed by atoms with E-state index in [0.717, 1.165) is 18.4 Å². The first-order valence-corrected chi connectivity index (χ1v) is 7.77. The van der Waals surface area contributed by atoms with Crippen molar-refractivity contribution in [1.29, 1.82) is 0 Å². The molecule has 0 radical (unpaired) electrons. The average molecular weight is 316 g/mol.